The number of amides is 1. The van der Waals surface area contributed by atoms with E-state index in [0.717, 1.165) is 0 Å². The van der Waals surface area contributed by atoms with Crippen molar-refractivity contribution in [3.8, 4) is 5.75 Å². The van der Waals surface area contributed by atoms with Crippen molar-refractivity contribution < 1.29 is 9.53 Å². The zero-order valence-electron chi connectivity index (χ0n) is 9.86. The van der Waals surface area contributed by atoms with Gasteiger partial charge in [-0.25, -0.2) is 0 Å². The van der Waals surface area contributed by atoms with E-state index in [0.29, 0.717) is 42.8 Å². The lowest BCUT2D eigenvalue weighted by molar-refractivity contribution is 0.0736. The third-order valence-corrected chi connectivity index (χ3v) is 3.35. The van der Waals surface area contributed by atoms with Gasteiger partial charge in [-0.05, 0) is 18.1 Å². The first-order chi connectivity index (χ1) is 8.22. The molecule has 4 heteroatoms. The SMILES string of the molecule is CC(CCl)CN1CCOc2ccccc2C1=O. The van der Waals surface area contributed by atoms with E-state index < -0.39 is 0 Å². The van der Waals surface area contributed by atoms with Crippen LogP contribution in [0.5, 0.6) is 5.75 Å². The number of carbonyl (C=O) groups is 1. The standard InChI is InChI=1S/C13H16ClNO2/c1-10(8-14)9-15-6-7-17-12-5-3-2-4-11(12)13(15)16/h2-5,10H,6-9H2,1H3. The van der Waals surface area contributed by atoms with E-state index in [1.165, 1.54) is 0 Å². The summed E-state index contributed by atoms with van der Waals surface area (Å²) in [6.45, 7) is 3.88. The highest BCUT2D eigenvalue weighted by atomic mass is 35.5. The number of fused-ring (bicyclic) bond motifs is 1. The van der Waals surface area contributed by atoms with Crippen molar-refractivity contribution in [2.24, 2.45) is 5.92 Å². The fraction of sp³-hybridized carbons (Fsp3) is 0.462. The molecule has 0 saturated heterocycles. The minimum atomic E-state index is 0.0371. The minimum Gasteiger partial charge on any atom is -0.491 e. The number of benzene rings is 1. The number of hydrogen-bond acceptors (Lipinski definition) is 2. The number of rotatable bonds is 3. The van der Waals surface area contributed by atoms with Crippen molar-refractivity contribution in [1.29, 1.82) is 0 Å². The second-order valence-electron chi connectivity index (χ2n) is 4.36. The van der Waals surface area contributed by atoms with Gasteiger partial charge in [0.15, 0.2) is 0 Å². The highest BCUT2D eigenvalue weighted by molar-refractivity contribution is 6.18. The molecule has 17 heavy (non-hydrogen) atoms. The average Bonchev–Trinajstić information content (AvgIpc) is 2.51. The van der Waals surface area contributed by atoms with E-state index in [2.05, 4.69) is 0 Å². The maximum absolute atomic E-state index is 12.3. The number of halogens is 1. The molecule has 0 N–H and O–H groups in total. The van der Waals surface area contributed by atoms with Gasteiger partial charge in [0.1, 0.15) is 12.4 Å². The van der Waals surface area contributed by atoms with Crippen molar-refractivity contribution in [1.82, 2.24) is 4.90 Å². The summed E-state index contributed by atoms with van der Waals surface area (Å²) in [5.74, 6) is 1.58. The van der Waals surface area contributed by atoms with Gasteiger partial charge in [-0.3, -0.25) is 4.79 Å². The molecule has 1 aromatic rings. The largest absolute Gasteiger partial charge is 0.491 e. The molecule has 1 amide bonds. The van der Waals surface area contributed by atoms with Crippen LogP contribution >= 0.6 is 11.6 Å². The molecular weight excluding hydrogens is 238 g/mol. The molecule has 1 aliphatic heterocycles. The van der Waals surface area contributed by atoms with Crippen LogP contribution in [0.25, 0.3) is 0 Å². The second kappa shape index (κ2) is 5.41. The first-order valence-corrected chi connectivity index (χ1v) is 6.33. The number of nitrogens with zero attached hydrogens (tertiary/aromatic N) is 1. The predicted octanol–water partition coefficient (Wildman–Crippen LogP) is 2.40. The van der Waals surface area contributed by atoms with E-state index in [1.807, 2.05) is 30.0 Å². The van der Waals surface area contributed by atoms with Crippen molar-refractivity contribution >= 4 is 17.5 Å². The van der Waals surface area contributed by atoms with Gasteiger partial charge in [-0.15, -0.1) is 11.6 Å². The Morgan fingerprint density at radius 1 is 1.47 bits per heavy atom. The van der Waals surface area contributed by atoms with E-state index >= 15 is 0 Å². The van der Waals surface area contributed by atoms with Gasteiger partial charge in [0.2, 0.25) is 0 Å². The lowest BCUT2D eigenvalue weighted by atomic mass is 10.1. The number of carbonyl (C=O) groups excluding carboxylic acids is 1. The predicted molar refractivity (Wildman–Crippen MR) is 67.7 cm³/mol. The van der Waals surface area contributed by atoms with Crippen molar-refractivity contribution in [2.45, 2.75) is 6.92 Å². The second-order valence-corrected chi connectivity index (χ2v) is 4.66. The summed E-state index contributed by atoms with van der Waals surface area (Å²) in [6.07, 6.45) is 0. The smallest absolute Gasteiger partial charge is 0.257 e. The molecule has 1 heterocycles. The van der Waals surface area contributed by atoms with E-state index in [-0.39, 0.29) is 5.91 Å². The third kappa shape index (κ3) is 2.72. The molecule has 0 radical (unpaired) electrons. The van der Waals surface area contributed by atoms with Gasteiger partial charge in [0, 0.05) is 12.4 Å². The topological polar surface area (TPSA) is 29.5 Å². The molecule has 0 bridgehead atoms. The third-order valence-electron chi connectivity index (χ3n) is 2.82. The summed E-state index contributed by atoms with van der Waals surface area (Å²) in [5, 5.41) is 0. The zero-order valence-corrected chi connectivity index (χ0v) is 10.6. The Bertz CT molecular complexity index is 408. The number of alkyl halides is 1. The van der Waals surface area contributed by atoms with Crippen LogP contribution in [-0.4, -0.2) is 36.4 Å². The molecule has 0 fully saturated rings. The Morgan fingerprint density at radius 3 is 3.00 bits per heavy atom. The summed E-state index contributed by atoms with van der Waals surface area (Å²) < 4.78 is 5.57. The molecule has 0 aliphatic carbocycles. The lowest BCUT2D eigenvalue weighted by Crippen LogP contribution is -2.36. The Kier molecular flexibility index (Phi) is 3.89. The van der Waals surface area contributed by atoms with E-state index in [4.69, 9.17) is 16.3 Å². The van der Waals surface area contributed by atoms with Crippen LogP contribution < -0.4 is 4.74 Å². The van der Waals surface area contributed by atoms with Crippen molar-refractivity contribution in [3.05, 3.63) is 29.8 Å². The highest BCUT2D eigenvalue weighted by Gasteiger charge is 2.23. The minimum absolute atomic E-state index is 0.0371. The van der Waals surface area contributed by atoms with Gasteiger partial charge < -0.3 is 9.64 Å². The van der Waals surface area contributed by atoms with Gasteiger partial charge in [0.05, 0.1) is 12.1 Å². The summed E-state index contributed by atoms with van der Waals surface area (Å²) in [4.78, 5) is 14.1. The fourth-order valence-electron chi connectivity index (χ4n) is 1.91. The molecule has 1 aromatic carbocycles. The van der Waals surface area contributed by atoms with Crippen LogP contribution in [0.15, 0.2) is 24.3 Å². The summed E-state index contributed by atoms with van der Waals surface area (Å²) in [5.41, 5.74) is 0.645. The number of para-hydroxylation sites is 1. The van der Waals surface area contributed by atoms with Crippen molar-refractivity contribution in [3.63, 3.8) is 0 Å². The normalized spacial score (nSPS) is 17.1. The Labute approximate surface area is 106 Å². The molecule has 0 spiro atoms. The monoisotopic (exact) mass is 253 g/mol. The molecule has 92 valence electrons. The van der Waals surface area contributed by atoms with E-state index in [1.54, 1.807) is 6.07 Å². The maximum Gasteiger partial charge on any atom is 0.257 e. The molecule has 2 rings (SSSR count). The molecule has 1 unspecified atom stereocenters. The van der Waals surface area contributed by atoms with Crippen LogP contribution in [-0.2, 0) is 0 Å². The van der Waals surface area contributed by atoms with Crippen molar-refractivity contribution in [2.75, 3.05) is 25.6 Å². The first-order valence-electron chi connectivity index (χ1n) is 5.79. The number of hydrogen-bond donors (Lipinski definition) is 0. The van der Waals surface area contributed by atoms with Crippen LogP contribution in [0.1, 0.15) is 17.3 Å². The maximum atomic E-state index is 12.3. The van der Waals surface area contributed by atoms with Gasteiger partial charge in [0.25, 0.3) is 5.91 Å². The Hall–Kier alpha value is -1.22. The molecule has 0 saturated carbocycles. The van der Waals surface area contributed by atoms with Crippen LogP contribution in [0.4, 0.5) is 0 Å². The van der Waals surface area contributed by atoms with Gasteiger partial charge in [-0.1, -0.05) is 19.1 Å². The molecule has 1 atom stereocenters. The van der Waals surface area contributed by atoms with E-state index in [9.17, 15) is 4.79 Å². The fourth-order valence-corrected chi connectivity index (χ4v) is 2.00. The molecular formula is C13H16ClNO2. The van der Waals surface area contributed by atoms with Crippen LogP contribution in [0.3, 0.4) is 0 Å². The average molecular weight is 254 g/mol. The summed E-state index contributed by atoms with van der Waals surface area (Å²) in [6, 6.07) is 7.38. The molecule has 0 aromatic heterocycles. The summed E-state index contributed by atoms with van der Waals surface area (Å²) >= 11 is 5.79. The van der Waals surface area contributed by atoms with Crippen LogP contribution in [0.2, 0.25) is 0 Å². The Morgan fingerprint density at radius 2 is 2.24 bits per heavy atom. The Balaban J connectivity index is 2.20. The highest BCUT2D eigenvalue weighted by Crippen LogP contribution is 2.22. The summed E-state index contributed by atoms with van der Waals surface area (Å²) in [7, 11) is 0. The zero-order chi connectivity index (χ0) is 12.3. The number of ether oxygens (including phenoxy) is 1. The van der Waals surface area contributed by atoms with Gasteiger partial charge in [-0.2, -0.15) is 0 Å². The van der Waals surface area contributed by atoms with Gasteiger partial charge >= 0.3 is 0 Å². The quantitative estimate of drug-likeness (QED) is 0.775. The van der Waals surface area contributed by atoms with Crippen LogP contribution in [0, 0.1) is 5.92 Å². The lowest BCUT2D eigenvalue weighted by Gasteiger charge is -2.22. The molecule has 3 nitrogen and oxygen atoms in total. The first kappa shape index (κ1) is 12.2. The molecule has 1 aliphatic rings.